The molecule has 0 unspecified atom stereocenters. The summed E-state index contributed by atoms with van der Waals surface area (Å²) in [6.45, 7) is 2.80. The number of hydrogen-bond acceptors (Lipinski definition) is 4. The van der Waals surface area contributed by atoms with Gasteiger partial charge in [-0.05, 0) is 54.3 Å². The van der Waals surface area contributed by atoms with Gasteiger partial charge >= 0.3 is 0 Å². The summed E-state index contributed by atoms with van der Waals surface area (Å²) < 4.78 is 0. The van der Waals surface area contributed by atoms with Crippen LogP contribution >= 0.6 is 0 Å². The zero-order valence-electron chi connectivity index (χ0n) is 19.3. The Labute approximate surface area is 203 Å². The summed E-state index contributed by atoms with van der Waals surface area (Å²) >= 11 is 0. The minimum Gasteiger partial charge on any atom is -0.385 e. The van der Waals surface area contributed by atoms with Crippen molar-refractivity contribution >= 4 is 39.9 Å². The second kappa shape index (κ2) is 9.43. The fourth-order valence-electron chi connectivity index (χ4n) is 4.57. The van der Waals surface area contributed by atoms with Crippen LogP contribution in [0, 0.1) is 0 Å². The summed E-state index contributed by atoms with van der Waals surface area (Å²) in [5.41, 5.74) is 3.25. The Balaban J connectivity index is 1.52. The first-order valence-corrected chi connectivity index (χ1v) is 11.6. The van der Waals surface area contributed by atoms with Crippen LogP contribution in [0.3, 0.4) is 0 Å². The fraction of sp³-hybridized carbons (Fsp3) is 0.138. The lowest BCUT2D eigenvalue weighted by Gasteiger charge is -2.33. The van der Waals surface area contributed by atoms with Gasteiger partial charge in [0, 0.05) is 40.9 Å². The quantitative estimate of drug-likeness (QED) is 0.373. The lowest BCUT2D eigenvalue weighted by atomic mass is 9.92. The molecule has 0 spiro atoms. The van der Waals surface area contributed by atoms with Crippen LogP contribution in [-0.2, 0) is 11.2 Å². The Morgan fingerprint density at radius 1 is 0.771 bits per heavy atom. The van der Waals surface area contributed by atoms with Gasteiger partial charge in [0.15, 0.2) is 0 Å². The highest BCUT2D eigenvalue weighted by molar-refractivity contribution is 6.26. The van der Waals surface area contributed by atoms with E-state index in [0.29, 0.717) is 22.2 Å². The molecule has 1 aliphatic rings. The van der Waals surface area contributed by atoms with Gasteiger partial charge < -0.3 is 10.6 Å². The van der Waals surface area contributed by atoms with E-state index in [1.165, 1.54) is 0 Å². The third-order valence-corrected chi connectivity index (χ3v) is 6.22. The molecule has 2 N–H and O–H groups in total. The van der Waals surface area contributed by atoms with Crippen LogP contribution in [0.25, 0.3) is 10.8 Å². The van der Waals surface area contributed by atoms with E-state index < -0.39 is 23.8 Å². The molecule has 0 aliphatic carbocycles. The zero-order valence-corrected chi connectivity index (χ0v) is 19.3. The predicted molar refractivity (Wildman–Crippen MR) is 138 cm³/mol. The molecule has 174 valence electrons. The lowest BCUT2D eigenvalue weighted by molar-refractivity contribution is -0.120. The Morgan fingerprint density at radius 2 is 1.37 bits per heavy atom. The molecule has 0 saturated heterocycles. The number of nitrogens with zero attached hydrogens (tertiary/aromatic N) is 1. The molecule has 1 heterocycles. The van der Waals surface area contributed by atoms with E-state index in [-0.39, 0.29) is 6.42 Å². The highest BCUT2D eigenvalue weighted by Gasteiger charge is 2.40. The van der Waals surface area contributed by atoms with Crippen molar-refractivity contribution in [2.75, 3.05) is 17.2 Å². The summed E-state index contributed by atoms with van der Waals surface area (Å²) in [6.07, 6.45) is 0.206. The van der Waals surface area contributed by atoms with Crippen molar-refractivity contribution in [1.82, 2.24) is 4.90 Å². The van der Waals surface area contributed by atoms with Crippen molar-refractivity contribution in [2.24, 2.45) is 0 Å². The van der Waals surface area contributed by atoms with E-state index in [1.54, 1.807) is 36.4 Å². The van der Waals surface area contributed by atoms with Gasteiger partial charge in [0.2, 0.25) is 5.91 Å². The van der Waals surface area contributed by atoms with Gasteiger partial charge in [0.25, 0.3) is 11.8 Å². The molecule has 0 bridgehead atoms. The average molecular weight is 464 g/mol. The fourth-order valence-corrected chi connectivity index (χ4v) is 4.57. The summed E-state index contributed by atoms with van der Waals surface area (Å²) in [6, 6.07) is 26.5. The zero-order chi connectivity index (χ0) is 24.4. The molecule has 0 aromatic heterocycles. The second-order valence-electron chi connectivity index (χ2n) is 8.49. The monoisotopic (exact) mass is 463 g/mol. The number of carbonyl (C=O) groups is 3. The minimum absolute atomic E-state index is 0.206. The first kappa shape index (κ1) is 22.3. The molecule has 0 radical (unpaired) electrons. The van der Waals surface area contributed by atoms with E-state index in [4.69, 9.17) is 0 Å². The third-order valence-electron chi connectivity index (χ3n) is 6.22. The van der Waals surface area contributed by atoms with Gasteiger partial charge in [0.05, 0.1) is 0 Å². The van der Waals surface area contributed by atoms with Crippen LogP contribution < -0.4 is 10.6 Å². The van der Waals surface area contributed by atoms with E-state index in [2.05, 4.69) is 10.6 Å². The molecule has 5 rings (SSSR count). The maximum absolute atomic E-state index is 13.6. The van der Waals surface area contributed by atoms with Gasteiger partial charge in [-0.2, -0.15) is 0 Å². The SMILES string of the molecule is CCNc1ccc(NC(=O)[C@H](Cc2ccccc2)N2C(=O)c3cccc4cccc(c34)C2=O)cc1. The highest BCUT2D eigenvalue weighted by Crippen LogP contribution is 2.32. The highest BCUT2D eigenvalue weighted by atomic mass is 16.2. The lowest BCUT2D eigenvalue weighted by Crippen LogP contribution is -2.53. The van der Waals surface area contributed by atoms with Crippen molar-refractivity contribution < 1.29 is 14.4 Å². The van der Waals surface area contributed by atoms with Gasteiger partial charge in [-0.25, -0.2) is 0 Å². The van der Waals surface area contributed by atoms with Crippen LogP contribution in [0.4, 0.5) is 11.4 Å². The Bertz CT molecular complexity index is 1360. The molecule has 1 atom stereocenters. The number of benzene rings is 4. The molecule has 4 aromatic rings. The largest absolute Gasteiger partial charge is 0.385 e. The third kappa shape index (κ3) is 4.26. The molecule has 6 heteroatoms. The molecule has 3 amide bonds. The number of imide groups is 1. The summed E-state index contributed by atoms with van der Waals surface area (Å²) in [7, 11) is 0. The number of amides is 3. The van der Waals surface area contributed by atoms with E-state index in [0.717, 1.165) is 28.1 Å². The standard InChI is InChI=1S/C29H25N3O3/c1-2-30-21-14-16-22(17-15-21)31-27(33)25(18-19-8-4-3-5-9-19)32-28(34)23-12-6-10-20-11-7-13-24(26(20)23)29(32)35/h3-17,25,30H,2,18H2,1H3,(H,31,33)/t25-/m0/s1. The molecule has 4 aromatic carbocycles. The Morgan fingerprint density at radius 3 is 1.97 bits per heavy atom. The number of carbonyl (C=O) groups excluding carboxylic acids is 3. The van der Waals surface area contributed by atoms with Gasteiger partial charge in [-0.15, -0.1) is 0 Å². The Kier molecular flexibility index (Phi) is 6.02. The van der Waals surface area contributed by atoms with Crippen molar-refractivity contribution in [3.63, 3.8) is 0 Å². The van der Waals surface area contributed by atoms with Crippen LogP contribution in [0.5, 0.6) is 0 Å². The maximum atomic E-state index is 13.6. The molecule has 6 nitrogen and oxygen atoms in total. The summed E-state index contributed by atoms with van der Waals surface area (Å²) in [5, 5.41) is 7.58. The normalized spacial score (nSPS) is 13.6. The first-order valence-electron chi connectivity index (χ1n) is 11.6. The molecule has 0 saturated carbocycles. The van der Waals surface area contributed by atoms with Gasteiger partial charge in [0.1, 0.15) is 6.04 Å². The van der Waals surface area contributed by atoms with E-state index in [9.17, 15) is 14.4 Å². The molecule has 0 fully saturated rings. The topological polar surface area (TPSA) is 78.5 Å². The first-order chi connectivity index (χ1) is 17.1. The van der Waals surface area contributed by atoms with Crippen LogP contribution in [0.2, 0.25) is 0 Å². The van der Waals surface area contributed by atoms with Crippen LogP contribution in [0.1, 0.15) is 33.2 Å². The second-order valence-corrected chi connectivity index (χ2v) is 8.49. The summed E-state index contributed by atoms with van der Waals surface area (Å²) in [5.74, 6) is -1.34. The van der Waals surface area contributed by atoms with Gasteiger partial charge in [-0.3, -0.25) is 19.3 Å². The minimum atomic E-state index is -1.02. The smallest absolute Gasteiger partial charge is 0.262 e. The van der Waals surface area contributed by atoms with E-state index in [1.807, 2.05) is 61.5 Å². The van der Waals surface area contributed by atoms with Crippen LogP contribution in [-0.4, -0.2) is 35.2 Å². The molecular formula is C29H25N3O3. The van der Waals surface area contributed by atoms with Crippen molar-refractivity contribution in [3.05, 3.63) is 108 Å². The number of hydrogen-bond donors (Lipinski definition) is 2. The Hall–Kier alpha value is -4.45. The number of nitrogens with one attached hydrogen (secondary N) is 2. The predicted octanol–water partition coefficient (Wildman–Crippen LogP) is 5.12. The van der Waals surface area contributed by atoms with Crippen molar-refractivity contribution in [1.29, 1.82) is 0 Å². The number of anilines is 2. The van der Waals surface area contributed by atoms with Crippen LogP contribution in [0.15, 0.2) is 91.0 Å². The van der Waals surface area contributed by atoms with Gasteiger partial charge in [-0.1, -0.05) is 54.6 Å². The molecule has 35 heavy (non-hydrogen) atoms. The number of rotatable bonds is 7. The van der Waals surface area contributed by atoms with Crippen molar-refractivity contribution in [3.8, 4) is 0 Å². The maximum Gasteiger partial charge on any atom is 0.262 e. The summed E-state index contributed by atoms with van der Waals surface area (Å²) in [4.78, 5) is 42.0. The van der Waals surface area contributed by atoms with Crippen molar-refractivity contribution in [2.45, 2.75) is 19.4 Å². The molecular weight excluding hydrogens is 438 g/mol. The molecule has 1 aliphatic heterocycles. The average Bonchev–Trinajstić information content (AvgIpc) is 2.88. The van der Waals surface area contributed by atoms with E-state index >= 15 is 0 Å².